The Balaban J connectivity index is 2.72. The molecule has 2 rings (SSSR count). The fourth-order valence-electron chi connectivity index (χ4n) is 1.72. The van der Waals surface area contributed by atoms with Gasteiger partial charge in [-0.05, 0) is 24.3 Å². The predicted molar refractivity (Wildman–Crippen MR) is 69.7 cm³/mol. The average Bonchev–Trinajstić information content (AvgIpc) is 2.39. The summed E-state index contributed by atoms with van der Waals surface area (Å²) in [5, 5.41) is 9.05. The highest BCUT2D eigenvalue weighted by Crippen LogP contribution is 2.27. The Labute approximate surface area is 110 Å². The van der Waals surface area contributed by atoms with E-state index in [-0.39, 0.29) is 21.0 Å². The molecule has 0 aliphatic carbocycles. The van der Waals surface area contributed by atoms with Crippen molar-refractivity contribution in [1.82, 2.24) is 0 Å². The first kappa shape index (κ1) is 13.1. The van der Waals surface area contributed by atoms with E-state index in [0.29, 0.717) is 0 Å². The molecular formula is C13H11NO4S. The molecule has 0 aliphatic rings. The van der Waals surface area contributed by atoms with E-state index < -0.39 is 15.8 Å². The fraction of sp³-hybridized carbons (Fsp3) is 0. The molecule has 0 fully saturated rings. The highest BCUT2D eigenvalue weighted by molar-refractivity contribution is 7.91. The second-order valence-corrected chi connectivity index (χ2v) is 5.73. The Hall–Kier alpha value is -2.34. The van der Waals surface area contributed by atoms with E-state index in [1.165, 1.54) is 42.5 Å². The normalized spacial score (nSPS) is 11.2. The van der Waals surface area contributed by atoms with Gasteiger partial charge in [-0.2, -0.15) is 0 Å². The summed E-state index contributed by atoms with van der Waals surface area (Å²) in [6.45, 7) is 0. The number of benzene rings is 2. The first-order valence-electron chi connectivity index (χ1n) is 5.36. The molecule has 6 heteroatoms. The third-order valence-electron chi connectivity index (χ3n) is 2.62. The zero-order chi connectivity index (χ0) is 14.0. The topological polar surface area (TPSA) is 97.5 Å². The number of para-hydroxylation sites is 1. The smallest absolute Gasteiger partial charge is 0.337 e. The van der Waals surface area contributed by atoms with Gasteiger partial charge in [-0.15, -0.1) is 0 Å². The summed E-state index contributed by atoms with van der Waals surface area (Å²) < 4.78 is 24.9. The van der Waals surface area contributed by atoms with Crippen LogP contribution in [0, 0.1) is 0 Å². The molecule has 2 aromatic carbocycles. The van der Waals surface area contributed by atoms with Crippen LogP contribution in [0.25, 0.3) is 0 Å². The molecule has 0 spiro atoms. The van der Waals surface area contributed by atoms with E-state index in [0.717, 1.165) is 0 Å². The lowest BCUT2D eigenvalue weighted by Gasteiger charge is -2.09. The van der Waals surface area contributed by atoms with Crippen LogP contribution in [0.5, 0.6) is 0 Å². The highest BCUT2D eigenvalue weighted by Gasteiger charge is 2.25. The van der Waals surface area contributed by atoms with Gasteiger partial charge in [-0.1, -0.05) is 24.3 Å². The number of carboxylic acid groups (broad SMARTS) is 1. The molecular weight excluding hydrogens is 266 g/mol. The summed E-state index contributed by atoms with van der Waals surface area (Å²) >= 11 is 0. The lowest BCUT2D eigenvalue weighted by atomic mass is 10.2. The van der Waals surface area contributed by atoms with Crippen molar-refractivity contribution < 1.29 is 18.3 Å². The number of hydrogen-bond acceptors (Lipinski definition) is 4. The second-order valence-electron chi connectivity index (χ2n) is 3.84. The minimum atomic E-state index is -3.95. The van der Waals surface area contributed by atoms with Crippen molar-refractivity contribution in [2.45, 2.75) is 9.79 Å². The number of anilines is 1. The molecule has 0 bridgehead atoms. The molecule has 0 atom stereocenters. The number of rotatable bonds is 3. The molecule has 0 aromatic heterocycles. The van der Waals surface area contributed by atoms with Crippen LogP contribution in [-0.4, -0.2) is 19.5 Å². The van der Waals surface area contributed by atoms with Gasteiger partial charge < -0.3 is 10.8 Å². The van der Waals surface area contributed by atoms with Crippen LogP contribution in [0.2, 0.25) is 0 Å². The second kappa shape index (κ2) is 4.74. The van der Waals surface area contributed by atoms with Crippen molar-refractivity contribution in [3.05, 3.63) is 54.1 Å². The number of carboxylic acids is 1. The van der Waals surface area contributed by atoms with Crippen molar-refractivity contribution in [2.75, 3.05) is 5.73 Å². The van der Waals surface area contributed by atoms with Gasteiger partial charge in [0, 0.05) is 0 Å². The van der Waals surface area contributed by atoms with Gasteiger partial charge in [0.15, 0.2) is 0 Å². The molecule has 98 valence electrons. The number of hydrogen-bond donors (Lipinski definition) is 2. The summed E-state index contributed by atoms with van der Waals surface area (Å²) in [5.41, 5.74) is 5.46. The number of carbonyl (C=O) groups is 1. The van der Waals surface area contributed by atoms with Gasteiger partial charge in [-0.3, -0.25) is 0 Å². The zero-order valence-corrected chi connectivity index (χ0v) is 10.6. The third-order valence-corrected chi connectivity index (χ3v) is 4.50. The van der Waals surface area contributed by atoms with Crippen molar-refractivity contribution in [2.24, 2.45) is 0 Å². The molecule has 0 amide bonds. The quantitative estimate of drug-likeness (QED) is 0.834. The third kappa shape index (κ3) is 2.30. The number of sulfone groups is 1. The Morgan fingerprint density at radius 1 is 0.947 bits per heavy atom. The summed E-state index contributed by atoms with van der Waals surface area (Å²) in [6.07, 6.45) is 0. The zero-order valence-electron chi connectivity index (χ0n) is 9.78. The lowest BCUT2D eigenvalue weighted by molar-refractivity contribution is 0.0692. The highest BCUT2D eigenvalue weighted by atomic mass is 32.2. The minimum Gasteiger partial charge on any atom is -0.478 e. The van der Waals surface area contributed by atoms with E-state index in [1.54, 1.807) is 6.07 Å². The Kier molecular flexibility index (Phi) is 3.26. The van der Waals surface area contributed by atoms with E-state index in [9.17, 15) is 13.2 Å². The summed E-state index contributed by atoms with van der Waals surface area (Å²) in [4.78, 5) is 10.7. The van der Waals surface area contributed by atoms with Crippen LogP contribution in [0.1, 0.15) is 10.4 Å². The summed E-state index contributed by atoms with van der Waals surface area (Å²) in [5.74, 6) is -1.30. The number of nitrogen functional groups attached to an aromatic ring is 1. The van der Waals surface area contributed by atoms with Crippen LogP contribution in [0.15, 0.2) is 58.3 Å². The van der Waals surface area contributed by atoms with Gasteiger partial charge in [0.25, 0.3) is 0 Å². The van der Waals surface area contributed by atoms with Crippen LogP contribution >= 0.6 is 0 Å². The van der Waals surface area contributed by atoms with Gasteiger partial charge in [0.2, 0.25) is 9.84 Å². The molecule has 0 saturated carbocycles. The Bertz CT molecular complexity index is 738. The first-order valence-corrected chi connectivity index (χ1v) is 6.85. The predicted octanol–water partition coefficient (Wildman–Crippen LogP) is 1.80. The molecule has 0 radical (unpaired) electrons. The van der Waals surface area contributed by atoms with Crippen molar-refractivity contribution in [1.29, 1.82) is 0 Å². The van der Waals surface area contributed by atoms with Crippen molar-refractivity contribution >= 4 is 21.5 Å². The van der Waals surface area contributed by atoms with E-state index >= 15 is 0 Å². The van der Waals surface area contributed by atoms with Crippen molar-refractivity contribution in [3.63, 3.8) is 0 Å². The maximum atomic E-state index is 12.4. The van der Waals surface area contributed by atoms with E-state index in [1.807, 2.05) is 0 Å². The minimum absolute atomic E-state index is 0.0858. The maximum Gasteiger partial charge on any atom is 0.337 e. The standard InChI is InChI=1S/C13H11NO4S/c14-10-6-2-4-8-12(10)19(17,18)11-7-3-1-5-9(11)13(15)16/h1-8H,14H2,(H,15,16). The molecule has 0 aliphatic heterocycles. The fourth-order valence-corrected chi connectivity index (χ4v) is 3.30. The largest absolute Gasteiger partial charge is 0.478 e. The SMILES string of the molecule is Nc1ccccc1S(=O)(=O)c1ccccc1C(=O)O. The van der Waals surface area contributed by atoms with Crippen LogP contribution in [-0.2, 0) is 9.84 Å². The Morgan fingerprint density at radius 3 is 2.05 bits per heavy atom. The van der Waals surface area contributed by atoms with Crippen LogP contribution < -0.4 is 5.73 Å². The van der Waals surface area contributed by atoms with Gasteiger partial charge in [0.05, 0.1) is 21.0 Å². The lowest BCUT2D eigenvalue weighted by Crippen LogP contribution is -2.11. The van der Waals surface area contributed by atoms with Crippen LogP contribution in [0.4, 0.5) is 5.69 Å². The maximum absolute atomic E-state index is 12.4. The Morgan fingerprint density at radius 2 is 1.47 bits per heavy atom. The van der Waals surface area contributed by atoms with Gasteiger partial charge in [-0.25, -0.2) is 13.2 Å². The molecule has 3 N–H and O–H groups in total. The van der Waals surface area contributed by atoms with Gasteiger partial charge in [0.1, 0.15) is 0 Å². The van der Waals surface area contributed by atoms with Gasteiger partial charge >= 0.3 is 5.97 Å². The monoisotopic (exact) mass is 277 g/mol. The molecule has 0 heterocycles. The molecule has 0 saturated heterocycles. The molecule has 2 aromatic rings. The number of nitrogens with two attached hydrogens (primary N) is 1. The average molecular weight is 277 g/mol. The number of aromatic carboxylic acids is 1. The first-order chi connectivity index (χ1) is 8.94. The summed E-state index contributed by atoms with van der Waals surface area (Å²) in [6, 6.07) is 11.4. The van der Waals surface area contributed by atoms with E-state index in [4.69, 9.17) is 10.8 Å². The van der Waals surface area contributed by atoms with Crippen molar-refractivity contribution in [3.8, 4) is 0 Å². The van der Waals surface area contributed by atoms with E-state index in [2.05, 4.69) is 0 Å². The molecule has 19 heavy (non-hydrogen) atoms. The van der Waals surface area contributed by atoms with Crippen LogP contribution in [0.3, 0.4) is 0 Å². The molecule has 0 unspecified atom stereocenters. The molecule has 5 nitrogen and oxygen atoms in total. The summed E-state index contributed by atoms with van der Waals surface area (Å²) in [7, 11) is -3.95.